The molecule has 18 heavy (non-hydrogen) atoms. The van der Waals surface area contributed by atoms with Gasteiger partial charge in [0.05, 0.1) is 12.8 Å². The molecule has 1 rings (SSSR count). The van der Waals surface area contributed by atoms with E-state index in [4.69, 9.17) is 16.2 Å². The van der Waals surface area contributed by atoms with Crippen LogP contribution < -0.4 is 16.2 Å². The molecule has 0 radical (unpaired) electrons. The van der Waals surface area contributed by atoms with Gasteiger partial charge in [-0.05, 0) is 12.5 Å². The molecule has 4 N–H and O–H groups in total. The summed E-state index contributed by atoms with van der Waals surface area (Å²) in [7, 11) is 0. The first-order valence-corrected chi connectivity index (χ1v) is 5.28. The van der Waals surface area contributed by atoms with Crippen LogP contribution in [0.25, 0.3) is 0 Å². The minimum Gasteiger partial charge on any atom is -0.490 e. The van der Waals surface area contributed by atoms with Crippen LogP contribution in [0, 0.1) is 11.6 Å². The zero-order valence-electron chi connectivity index (χ0n) is 9.86. The zero-order chi connectivity index (χ0) is 13.5. The van der Waals surface area contributed by atoms with Crippen molar-refractivity contribution in [2.45, 2.75) is 13.3 Å². The molecule has 0 aliphatic heterocycles. The molecule has 0 amide bonds. The summed E-state index contributed by atoms with van der Waals surface area (Å²) in [6.07, 6.45) is 1.82. The second kappa shape index (κ2) is 6.53. The van der Waals surface area contributed by atoms with Gasteiger partial charge in [-0.25, -0.2) is 8.78 Å². The number of nitrogens with zero attached hydrogens (tertiary/aromatic N) is 2. The molecule has 7 heteroatoms. The van der Waals surface area contributed by atoms with Crippen molar-refractivity contribution in [1.82, 2.24) is 0 Å². The van der Waals surface area contributed by atoms with Crippen LogP contribution in [0.2, 0.25) is 0 Å². The Morgan fingerprint density at radius 3 is 2.72 bits per heavy atom. The Labute approximate surface area is 103 Å². The second-order valence-corrected chi connectivity index (χ2v) is 3.42. The average molecular weight is 256 g/mol. The number of hydrogen-bond donors (Lipinski definition) is 2. The molecule has 0 fully saturated rings. The number of rotatable bonds is 5. The summed E-state index contributed by atoms with van der Waals surface area (Å²) in [5.74, 6) is -1.86. The fourth-order valence-electron chi connectivity index (χ4n) is 1.19. The fraction of sp³-hybridized carbons (Fsp3) is 0.273. The highest BCUT2D eigenvalue weighted by molar-refractivity contribution is 5.84. The van der Waals surface area contributed by atoms with Crippen LogP contribution in [-0.2, 0) is 0 Å². The lowest BCUT2D eigenvalue weighted by Crippen LogP contribution is -2.21. The third-order valence-electron chi connectivity index (χ3n) is 1.86. The molecular formula is C11H14F2N4O. The summed E-state index contributed by atoms with van der Waals surface area (Å²) >= 11 is 0. The summed E-state index contributed by atoms with van der Waals surface area (Å²) in [5, 5.41) is 6.83. The number of halogens is 2. The lowest BCUT2D eigenvalue weighted by atomic mass is 10.2. The van der Waals surface area contributed by atoms with E-state index in [1.807, 2.05) is 6.92 Å². The number of hydrogen-bond acceptors (Lipinski definition) is 3. The first-order valence-electron chi connectivity index (χ1n) is 5.28. The van der Waals surface area contributed by atoms with E-state index in [9.17, 15) is 8.78 Å². The van der Waals surface area contributed by atoms with Crippen LogP contribution in [0.1, 0.15) is 18.9 Å². The fourth-order valence-corrected chi connectivity index (χ4v) is 1.19. The quantitative estimate of drug-likeness (QED) is 0.474. The molecule has 0 heterocycles. The number of nitrogens with two attached hydrogens (primary N) is 2. The Balaban J connectivity index is 3.06. The largest absolute Gasteiger partial charge is 0.490 e. The van der Waals surface area contributed by atoms with E-state index in [-0.39, 0.29) is 17.3 Å². The molecule has 0 saturated carbocycles. The van der Waals surface area contributed by atoms with Gasteiger partial charge in [0.1, 0.15) is 5.82 Å². The van der Waals surface area contributed by atoms with Gasteiger partial charge in [0.25, 0.3) is 0 Å². The SMILES string of the molecule is CCCOc1c(F)cc(F)cc1C=NN=C(N)N. The normalized spacial score (nSPS) is 10.6. The Bertz CT molecular complexity index is 470. The van der Waals surface area contributed by atoms with Crippen LogP contribution in [0.4, 0.5) is 8.78 Å². The van der Waals surface area contributed by atoms with E-state index in [0.29, 0.717) is 13.0 Å². The maximum atomic E-state index is 13.5. The third kappa shape index (κ3) is 4.00. The highest BCUT2D eigenvalue weighted by atomic mass is 19.1. The molecule has 0 spiro atoms. The molecule has 0 aromatic heterocycles. The van der Waals surface area contributed by atoms with E-state index in [0.717, 1.165) is 18.3 Å². The Hall–Kier alpha value is -2.18. The lowest BCUT2D eigenvalue weighted by molar-refractivity contribution is 0.300. The van der Waals surface area contributed by atoms with Crippen molar-refractivity contribution in [1.29, 1.82) is 0 Å². The molecule has 0 atom stereocenters. The van der Waals surface area contributed by atoms with Gasteiger partial charge in [-0.2, -0.15) is 5.10 Å². The predicted octanol–water partition coefficient (Wildman–Crippen LogP) is 1.36. The standard InChI is InChI=1S/C11H14F2N4O/c1-2-3-18-10-7(6-16-17-11(14)15)4-8(12)5-9(10)13/h4-6H,2-3H2,1H3,(H4,14,15,17). The number of guanidine groups is 1. The summed E-state index contributed by atoms with van der Waals surface area (Å²) in [5.41, 5.74) is 10.3. The Morgan fingerprint density at radius 2 is 2.11 bits per heavy atom. The minimum absolute atomic E-state index is 0.0761. The summed E-state index contributed by atoms with van der Waals surface area (Å²) < 4.78 is 31.8. The van der Waals surface area contributed by atoms with Crippen molar-refractivity contribution < 1.29 is 13.5 Å². The summed E-state index contributed by atoms with van der Waals surface area (Å²) in [6, 6.07) is 1.82. The van der Waals surface area contributed by atoms with Crippen LogP contribution in [-0.4, -0.2) is 18.8 Å². The molecule has 5 nitrogen and oxygen atoms in total. The first kappa shape index (κ1) is 13.9. The number of benzene rings is 1. The van der Waals surface area contributed by atoms with Gasteiger partial charge in [-0.15, -0.1) is 5.10 Å². The van der Waals surface area contributed by atoms with E-state index in [2.05, 4.69) is 10.2 Å². The van der Waals surface area contributed by atoms with Crippen molar-refractivity contribution in [3.63, 3.8) is 0 Å². The van der Waals surface area contributed by atoms with E-state index < -0.39 is 11.6 Å². The summed E-state index contributed by atoms with van der Waals surface area (Å²) in [4.78, 5) is 0. The molecule has 0 aliphatic carbocycles. The highest BCUT2D eigenvalue weighted by Crippen LogP contribution is 2.23. The lowest BCUT2D eigenvalue weighted by Gasteiger charge is -2.08. The topological polar surface area (TPSA) is 86.0 Å². The molecule has 1 aromatic carbocycles. The van der Waals surface area contributed by atoms with Gasteiger partial charge in [-0.1, -0.05) is 6.92 Å². The average Bonchev–Trinajstić information content (AvgIpc) is 2.27. The second-order valence-electron chi connectivity index (χ2n) is 3.42. The smallest absolute Gasteiger partial charge is 0.211 e. The first-order chi connectivity index (χ1) is 8.54. The molecular weight excluding hydrogens is 242 g/mol. The molecule has 1 aromatic rings. The van der Waals surface area contributed by atoms with Crippen LogP contribution in [0.3, 0.4) is 0 Å². The van der Waals surface area contributed by atoms with Gasteiger partial charge >= 0.3 is 0 Å². The van der Waals surface area contributed by atoms with Crippen molar-refractivity contribution in [2.75, 3.05) is 6.61 Å². The monoisotopic (exact) mass is 256 g/mol. The van der Waals surface area contributed by atoms with E-state index in [1.165, 1.54) is 0 Å². The van der Waals surface area contributed by atoms with Crippen LogP contribution >= 0.6 is 0 Å². The maximum Gasteiger partial charge on any atom is 0.211 e. The predicted molar refractivity (Wildman–Crippen MR) is 65.5 cm³/mol. The van der Waals surface area contributed by atoms with Crippen molar-refractivity contribution in [3.05, 3.63) is 29.3 Å². The van der Waals surface area contributed by atoms with Gasteiger partial charge in [-0.3, -0.25) is 0 Å². The van der Waals surface area contributed by atoms with E-state index >= 15 is 0 Å². The van der Waals surface area contributed by atoms with Crippen LogP contribution in [0.5, 0.6) is 5.75 Å². The summed E-state index contributed by atoms with van der Waals surface area (Å²) in [6.45, 7) is 2.18. The van der Waals surface area contributed by atoms with Crippen LogP contribution in [0.15, 0.2) is 22.3 Å². The van der Waals surface area contributed by atoms with Crippen molar-refractivity contribution >= 4 is 12.2 Å². The van der Waals surface area contributed by atoms with Gasteiger partial charge in [0.2, 0.25) is 5.96 Å². The van der Waals surface area contributed by atoms with Gasteiger partial charge in [0.15, 0.2) is 11.6 Å². The Morgan fingerprint density at radius 1 is 1.39 bits per heavy atom. The van der Waals surface area contributed by atoms with Crippen molar-refractivity contribution in [2.24, 2.45) is 21.7 Å². The number of ether oxygens (including phenoxy) is 1. The minimum atomic E-state index is -0.797. The third-order valence-corrected chi connectivity index (χ3v) is 1.86. The van der Waals surface area contributed by atoms with Crippen molar-refractivity contribution in [3.8, 4) is 5.75 Å². The maximum absolute atomic E-state index is 13.5. The molecule has 98 valence electrons. The Kier molecular flexibility index (Phi) is 5.04. The zero-order valence-corrected chi connectivity index (χ0v) is 9.86. The molecule has 0 unspecified atom stereocenters. The van der Waals surface area contributed by atoms with Gasteiger partial charge in [0, 0.05) is 11.6 Å². The highest BCUT2D eigenvalue weighted by Gasteiger charge is 2.11. The molecule has 0 saturated heterocycles. The molecule has 0 bridgehead atoms. The van der Waals surface area contributed by atoms with E-state index in [1.54, 1.807) is 0 Å². The molecule has 0 aliphatic rings. The van der Waals surface area contributed by atoms with Gasteiger partial charge < -0.3 is 16.2 Å².